The molecule has 0 amide bonds. The Morgan fingerprint density at radius 2 is 1.37 bits per heavy atom. The van der Waals surface area contributed by atoms with Crippen molar-refractivity contribution in [1.82, 2.24) is 0 Å². The first kappa shape index (κ1) is 24.9. The molecule has 4 aromatic carbocycles. The average molecular weight is 515 g/mol. The Bertz CT molecular complexity index is 1660. The third-order valence-electron chi connectivity index (χ3n) is 8.27. The molecular weight excluding hydrogens is 478 g/mol. The third kappa shape index (κ3) is 4.16. The van der Waals surface area contributed by atoms with Crippen LogP contribution in [0.25, 0.3) is 44.3 Å². The van der Waals surface area contributed by atoms with Gasteiger partial charge in [-0.1, -0.05) is 94.1 Å². The molecule has 0 atom stereocenters. The first-order valence-corrected chi connectivity index (χ1v) is 14.8. The average Bonchev–Trinajstić information content (AvgIpc) is 3.07. The lowest BCUT2D eigenvalue weighted by Gasteiger charge is -2.21. The highest BCUT2D eigenvalue weighted by atomic mass is 32.2. The minimum Gasteiger partial charge on any atom is -0.200 e. The standard InChI is InChI=1S/C36H36NS/c1-6-24(7-2)31-22-35-32(29-13-9-8-12-28(29)30-14-10-11-15-34(30)38-35)21-33(31)36-27-17-16-25(23(3)4)20-26(27)18-19-37(36)5/h8-24H,6-7H2,1-5H3/q+1. The van der Waals surface area contributed by atoms with Gasteiger partial charge in [-0.2, -0.15) is 0 Å². The Morgan fingerprint density at radius 3 is 2.08 bits per heavy atom. The molecule has 0 spiro atoms. The van der Waals surface area contributed by atoms with Gasteiger partial charge in [-0.25, -0.2) is 4.57 Å². The summed E-state index contributed by atoms with van der Waals surface area (Å²) in [7, 11) is 2.20. The number of benzene rings is 4. The van der Waals surface area contributed by atoms with Crippen molar-refractivity contribution in [2.75, 3.05) is 0 Å². The van der Waals surface area contributed by atoms with E-state index in [9.17, 15) is 0 Å². The maximum absolute atomic E-state index is 2.52. The van der Waals surface area contributed by atoms with Crippen LogP contribution in [-0.2, 0) is 7.05 Å². The fourth-order valence-corrected chi connectivity index (χ4v) is 7.23. The predicted octanol–water partition coefficient (Wildman–Crippen LogP) is 10.2. The molecule has 5 aromatic rings. The molecule has 1 aromatic heterocycles. The zero-order valence-corrected chi connectivity index (χ0v) is 23.9. The van der Waals surface area contributed by atoms with Gasteiger partial charge in [-0.3, -0.25) is 0 Å². The maximum Gasteiger partial charge on any atom is 0.220 e. The lowest BCUT2D eigenvalue weighted by molar-refractivity contribution is -0.659. The molecule has 0 radical (unpaired) electrons. The number of aryl methyl sites for hydroxylation is 1. The summed E-state index contributed by atoms with van der Waals surface area (Å²) in [5.41, 5.74) is 10.8. The van der Waals surface area contributed by atoms with Crippen LogP contribution >= 0.6 is 11.8 Å². The van der Waals surface area contributed by atoms with Crippen molar-refractivity contribution >= 4 is 22.5 Å². The van der Waals surface area contributed by atoms with Crippen LogP contribution in [0.1, 0.15) is 63.5 Å². The number of hydrogen-bond acceptors (Lipinski definition) is 1. The summed E-state index contributed by atoms with van der Waals surface area (Å²) < 4.78 is 2.33. The van der Waals surface area contributed by atoms with Gasteiger partial charge in [-0.15, -0.1) is 0 Å². The molecule has 2 heterocycles. The van der Waals surface area contributed by atoms with Crippen LogP contribution < -0.4 is 4.57 Å². The Morgan fingerprint density at radius 1 is 0.684 bits per heavy atom. The number of fused-ring (bicyclic) bond motifs is 6. The van der Waals surface area contributed by atoms with Gasteiger partial charge in [0.15, 0.2) is 6.20 Å². The van der Waals surface area contributed by atoms with Crippen molar-refractivity contribution in [2.45, 2.75) is 62.2 Å². The van der Waals surface area contributed by atoms with Crippen LogP contribution in [0.2, 0.25) is 0 Å². The monoisotopic (exact) mass is 514 g/mol. The SMILES string of the molecule is CCC(CC)c1cc2c(cc1-c1c3ccc(C(C)C)cc3cc[n+]1C)-c1ccccc1-c1ccccc1S2. The summed E-state index contributed by atoms with van der Waals surface area (Å²) in [5.74, 6) is 1.02. The Balaban J connectivity index is 1.69. The van der Waals surface area contributed by atoms with E-state index in [1.807, 2.05) is 11.8 Å². The topological polar surface area (TPSA) is 3.88 Å². The molecule has 2 heteroatoms. The zero-order valence-electron chi connectivity index (χ0n) is 23.1. The molecule has 0 fully saturated rings. The largest absolute Gasteiger partial charge is 0.220 e. The molecule has 38 heavy (non-hydrogen) atoms. The fraction of sp³-hybridized carbons (Fsp3) is 0.250. The molecule has 0 N–H and O–H groups in total. The van der Waals surface area contributed by atoms with E-state index < -0.39 is 0 Å². The fourth-order valence-electron chi connectivity index (χ4n) is 6.10. The van der Waals surface area contributed by atoms with Gasteiger partial charge in [0, 0.05) is 15.9 Å². The summed E-state index contributed by atoms with van der Waals surface area (Å²) in [5, 5.41) is 2.64. The van der Waals surface area contributed by atoms with Crippen molar-refractivity contribution in [3.63, 3.8) is 0 Å². The first-order valence-electron chi connectivity index (χ1n) is 14.0. The molecule has 0 aliphatic carbocycles. The lowest BCUT2D eigenvalue weighted by atomic mass is 9.84. The molecule has 1 nitrogen and oxygen atoms in total. The number of pyridine rings is 1. The Hall–Kier alpha value is -3.36. The second-order valence-electron chi connectivity index (χ2n) is 10.9. The second kappa shape index (κ2) is 10.1. The minimum absolute atomic E-state index is 0.509. The normalized spacial score (nSPS) is 12.4. The lowest BCUT2D eigenvalue weighted by Crippen LogP contribution is -2.31. The van der Waals surface area contributed by atoms with E-state index in [1.165, 1.54) is 65.2 Å². The van der Waals surface area contributed by atoms with Crippen molar-refractivity contribution < 1.29 is 4.57 Å². The molecule has 6 rings (SSSR count). The molecule has 1 aliphatic rings. The zero-order chi connectivity index (χ0) is 26.4. The van der Waals surface area contributed by atoms with Crippen molar-refractivity contribution in [3.8, 4) is 33.5 Å². The van der Waals surface area contributed by atoms with Gasteiger partial charge in [0.1, 0.15) is 7.05 Å². The van der Waals surface area contributed by atoms with Crippen LogP contribution in [0.15, 0.2) is 101 Å². The van der Waals surface area contributed by atoms with Crippen LogP contribution in [-0.4, -0.2) is 0 Å². The molecule has 0 unspecified atom stereocenters. The van der Waals surface area contributed by atoms with Crippen LogP contribution in [0.4, 0.5) is 0 Å². The van der Waals surface area contributed by atoms with Gasteiger partial charge in [0.25, 0.3) is 0 Å². The van der Waals surface area contributed by atoms with E-state index in [0.29, 0.717) is 11.8 Å². The van der Waals surface area contributed by atoms with Crippen molar-refractivity contribution in [3.05, 3.63) is 102 Å². The minimum atomic E-state index is 0.509. The van der Waals surface area contributed by atoms with Crippen LogP contribution in [0.5, 0.6) is 0 Å². The third-order valence-corrected chi connectivity index (χ3v) is 9.41. The van der Waals surface area contributed by atoms with E-state index in [4.69, 9.17) is 0 Å². The number of rotatable bonds is 5. The van der Waals surface area contributed by atoms with Crippen LogP contribution in [0, 0.1) is 0 Å². The highest BCUT2D eigenvalue weighted by Gasteiger charge is 2.27. The smallest absolute Gasteiger partial charge is 0.200 e. The van der Waals surface area contributed by atoms with E-state index in [2.05, 4.69) is 130 Å². The van der Waals surface area contributed by atoms with Gasteiger partial charge < -0.3 is 0 Å². The predicted molar refractivity (Wildman–Crippen MR) is 163 cm³/mol. The van der Waals surface area contributed by atoms with E-state index >= 15 is 0 Å². The molecule has 0 saturated carbocycles. The highest BCUT2D eigenvalue weighted by molar-refractivity contribution is 7.99. The second-order valence-corrected chi connectivity index (χ2v) is 12.0. The Labute approximate surface area is 231 Å². The Kier molecular flexibility index (Phi) is 6.61. The quantitative estimate of drug-likeness (QED) is 0.207. The molecule has 190 valence electrons. The van der Waals surface area contributed by atoms with Gasteiger partial charge in [0.05, 0.1) is 10.9 Å². The van der Waals surface area contributed by atoms with E-state index in [-0.39, 0.29) is 0 Å². The summed E-state index contributed by atoms with van der Waals surface area (Å²) >= 11 is 1.92. The van der Waals surface area contributed by atoms with Gasteiger partial charge in [0.2, 0.25) is 5.69 Å². The summed E-state index contributed by atoms with van der Waals surface area (Å²) in [4.78, 5) is 2.69. The summed E-state index contributed by atoms with van der Waals surface area (Å²) in [6.07, 6.45) is 4.50. The highest BCUT2D eigenvalue weighted by Crippen LogP contribution is 2.50. The van der Waals surface area contributed by atoms with Crippen molar-refractivity contribution in [1.29, 1.82) is 0 Å². The maximum atomic E-state index is 2.52. The molecule has 0 bridgehead atoms. The number of aromatic nitrogens is 1. The van der Waals surface area contributed by atoms with Gasteiger partial charge >= 0.3 is 0 Å². The molecule has 0 saturated heterocycles. The first-order chi connectivity index (χ1) is 18.5. The number of nitrogens with zero attached hydrogens (tertiary/aromatic N) is 1. The number of hydrogen-bond donors (Lipinski definition) is 0. The van der Waals surface area contributed by atoms with E-state index in [0.717, 1.165) is 12.8 Å². The summed E-state index contributed by atoms with van der Waals surface area (Å²) in [6.45, 7) is 9.21. The van der Waals surface area contributed by atoms with E-state index in [1.54, 1.807) is 0 Å². The van der Waals surface area contributed by atoms with Crippen molar-refractivity contribution in [2.24, 2.45) is 7.05 Å². The molecule has 1 aliphatic heterocycles. The summed E-state index contributed by atoms with van der Waals surface area (Å²) in [6, 6.07) is 32.1. The van der Waals surface area contributed by atoms with Gasteiger partial charge in [-0.05, 0) is 87.7 Å². The van der Waals surface area contributed by atoms with Crippen LogP contribution in [0.3, 0.4) is 0 Å². The molecular formula is C36H36NS+.